The summed E-state index contributed by atoms with van der Waals surface area (Å²) in [4.78, 5) is 0. The molecule has 2 saturated carbocycles. The first-order chi connectivity index (χ1) is 19.9. The van der Waals surface area contributed by atoms with E-state index in [0.717, 1.165) is 24.8 Å². The smallest absolute Gasteiger partial charge is 0.387 e. The Labute approximate surface area is 248 Å². The van der Waals surface area contributed by atoms with Gasteiger partial charge in [-0.25, -0.2) is 0 Å². The van der Waals surface area contributed by atoms with Crippen molar-refractivity contribution in [3.05, 3.63) is 42.0 Å². The molecule has 0 amide bonds. The number of alkyl halides is 7. The van der Waals surface area contributed by atoms with Crippen LogP contribution in [0, 0.1) is 16.7 Å². The van der Waals surface area contributed by atoms with E-state index in [4.69, 9.17) is 4.18 Å². The second kappa shape index (κ2) is 12.2. The van der Waals surface area contributed by atoms with Crippen molar-refractivity contribution >= 4 is 16.0 Å². The van der Waals surface area contributed by atoms with Crippen LogP contribution in [0.1, 0.15) is 94.6 Å². The summed E-state index contributed by atoms with van der Waals surface area (Å²) in [5.41, 5.74) is 3.11. The number of hydrogen-bond donors (Lipinski definition) is 2. The number of halogens is 7. The molecule has 3 aliphatic carbocycles. The summed E-state index contributed by atoms with van der Waals surface area (Å²) in [7, 11) is -4.17. The van der Waals surface area contributed by atoms with Crippen LogP contribution in [0.25, 0.3) is 0 Å². The first-order valence-corrected chi connectivity index (χ1v) is 16.2. The van der Waals surface area contributed by atoms with Crippen molar-refractivity contribution in [1.82, 2.24) is 0 Å². The van der Waals surface area contributed by atoms with Crippen LogP contribution in [-0.4, -0.2) is 44.3 Å². The standard InChI is InChI=1S/C30H40F7NO4S/c1-3-27-17-13-20-19-21(11-12-22(20)23(27)14-16-26(2)15-8-9-24(26)27)38-43(40,41)42-18-7-5-4-6-10-25(39)28(31,32)29(33,34)30(35,36)37/h3,11-12,19,23-25,38-39H,1,4-10,13-18H2,2H3/t23-,24-,25-,26+,27-/m1/s1. The number of aliphatic hydroxyl groups is 1. The number of nitrogens with one attached hydrogen (secondary N) is 1. The van der Waals surface area contributed by atoms with Gasteiger partial charge in [-0.05, 0) is 97.3 Å². The molecular weight excluding hydrogens is 603 g/mol. The van der Waals surface area contributed by atoms with E-state index >= 15 is 0 Å². The lowest BCUT2D eigenvalue weighted by Gasteiger charge is -2.56. The second-order valence-electron chi connectivity index (χ2n) is 12.7. The predicted molar refractivity (Wildman–Crippen MR) is 148 cm³/mol. The molecule has 5 nitrogen and oxygen atoms in total. The molecule has 43 heavy (non-hydrogen) atoms. The Bertz CT molecular complexity index is 1270. The maximum Gasteiger partial charge on any atom is 0.459 e. The van der Waals surface area contributed by atoms with Crippen molar-refractivity contribution < 1.29 is 48.4 Å². The monoisotopic (exact) mass is 643 g/mol. The minimum atomic E-state index is -6.50. The van der Waals surface area contributed by atoms with Gasteiger partial charge in [0, 0.05) is 0 Å². The number of aryl methyl sites for hydroxylation is 1. The van der Waals surface area contributed by atoms with E-state index in [-0.39, 0.29) is 37.7 Å². The Kier molecular flexibility index (Phi) is 9.61. The fraction of sp³-hybridized carbons (Fsp3) is 0.733. The number of hydrogen-bond acceptors (Lipinski definition) is 4. The molecule has 0 aliphatic heterocycles. The van der Waals surface area contributed by atoms with Crippen LogP contribution < -0.4 is 4.72 Å². The van der Waals surface area contributed by atoms with Gasteiger partial charge in [0.25, 0.3) is 0 Å². The molecule has 13 heteroatoms. The van der Waals surface area contributed by atoms with Crippen molar-refractivity contribution in [2.24, 2.45) is 16.7 Å². The van der Waals surface area contributed by atoms with E-state index in [1.165, 1.54) is 31.2 Å². The molecule has 2 fully saturated rings. The molecule has 0 spiro atoms. The van der Waals surface area contributed by atoms with Crippen LogP contribution in [0.4, 0.5) is 36.4 Å². The molecule has 0 unspecified atom stereocenters. The third-order valence-electron chi connectivity index (χ3n) is 10.2. The minimum absolute atomic E-state index is 0.0493. The molecule has 0 bridgehead atoms. The third kappa shape index (κ3) is 6.45. The molecule has 0 radical (unpaired) electrons. The van der Waals surface area contributed by atoms with Gasteiger partial charge in [0.2, 0.25) is 0 Å². The van der Waals surface area contributed by atoms with Crippen LogP contribution in [0.15, 0.2) is 30.9 Å². The van der Waals surface area contributed by atoms with E-state index < -0.39 is 40.9 Å². The highest BCUT2D eigenvalue weighted by Crippen LogP contribution is 2.67. The number of aliphatic hydroxyl groups excluding tert-OH is 1. The molecule has 0 aromatic heterocycles. The van der Waals surface area contributed by atoms with Crippen LogP contribution in [0.3, 0.4) is 0 Å². The summed E-state index contributed by atoms with van der Waals surface area (Å²) in [6.07, 6.45) is -0.563. The number of fused-ring (bicyclic) bond motifs is 5. The van der Waals surface area contributed by atoms with Gasteiger partial charge < -0.3 is 5.11 Å². The largest absolute Gasteiger partial charge is 0.459 e. The van der Waals surface area contributed by atoms with Gasteiger partial charge in [0.05, 0.1) is 12.3 Å². The SMILES string of the molecule is C=C[C@@]12CCc3cc(NS(=O)(=O)OCCCCCC[C@@H](O)C(F)(F)C(F)(F)C(F)(F)F)ccc3[C@H]1CC[C@]1(C)CCC[C@H]12. The molecule has 5 atom stereocenters. The van der Waals surface area contributed by atoms with Gasteiger partial charge >= 0.3 is 28.3 Å². The fourth-order valence-electron chi connectivity index (χ4n) is 7.91. The molecule has 1 aromatic carbocycles. The zero-order chi connectivity index (χ0) is 31.9. The van der Waals surface area contributed by atoms with E-state index in [1.54, 1.807) is 6.07 Å². The third-order valence-corrected chi connectivity index (χ3v) is 11.1. The topological polar surface area (TPSA) is 75.6 Å². The Balaban J connectivity index is 1.24. The molecular formula is C30H40F7NO4S. The Morgan fingerprint density at radius 3 is 2.44 bits per heavy atom. The Morgan fingerprint density at radius 2 is 1.77 bits per heavy atom. The van der Waals surface area contributed by atoms with Gasteiger partial charge in [-0.1, -0.05) is 44.7 Å². The lowest BCUT2D eigenvalue weighted by Crippen LogP contribution is -2.57. The zero-order valence-corrected chi connectivity index (χ0v) is 25.0. The Hall–Kier alpha value is -1.86. The van der Waals surface area contributed by atoms with Gasteiger partial charge in [-0.3, -0.25) is 8.91 Å². The van der Waals surface area contributed by atoms with Gasteiger partial charge in [-0.2, -0.15) is 39.2 Å². The van der Waals surface area contributed by atoms with Crippen molar-refractivity contribution in [2.75, 3.05) is 11.3 Å². The first kappa shape index (κ1) is 34.0. The summed E-state index contributed by atoms with van der Waals surface area (Å²) >= 11 is 0. The number of benzene rings is 1. The van der Waals surface area contributed by atoms with Crippen molar-refractivity contribution in [2.45, 2.75) is 114 Å². The first-order valence-electron chi connectivity index (χ1n) is 14.8. The average Bonchev–Trinajstić information content (AvgIpc) is 3.33. The van der Waals surface area contributed by atoms with Crippen LogP contribution in [0.5, 0.6) is 0 Å². The van der Waals surface area contributed by atoms with Gasteiger partial charge in [-0.15, -0.1) is 6.58 Å². The molecule has 0 saturated heterocycles. The molecule has 2 N–H and O–H groups in total. The van der Waals surface area contributed by atoms with E-state index in [0.29, 0.717) is 22.9 Å². The van der Waals surface area contributed by atoms with E-state index in [2.05, 4.69) is 24.3 Å². The molecule has 4 rings (SSSR count). The normalized spacial score (nSPS) is 28.5. The van der Waals surface area contributed by atoms with Gasteiger partial charge in [0.1, 0.15) is 6.10 Å². The zero-order valence-electron chi connectivity index (χ0n) is 24.2. The van der Waals surface area contributed by atoms with E-state index in [9.17, 15) is 44.3 Å². The minimum Gasteiger partial charge on any atom is -0.387 e. The molecule has 244 valence electrons. The maximum absolute atomic E-state index is 13.5. The highest BCUT2D eigenvalue weighted by Gasteiger charge is 2.75. The highest BCUT2D eigenvalue weighted by atomic mass is 32.2. The molecule has 0 heterocycles. The summed E-state index contributed by atoms with van der Waals surface area (Å²) < 4.78 is 122. The lowest BCUT2D eigenvalue weighted by atomic mass is 9.47. The number of allylic oxidation sites excluding steroid dienone is 1. The maximum atomic E-state index is 13.5. The van der Waals surface area contributed by atoms with Crippen LogP contribution in [-0.2, 0) is 20.9 Å². The summed E-state index contributed by atoms with van der Waals surface area (Å²) in [6, 6.07) is 5.56. The fourth-order valence-corrected chi connectivity index (χ4v) is 8.72. The number of anilines is 1. The Morgan fingerprint density at radius 1 is 1.07 bits per heavy atom. The van der Waals surface area contributed by atoms with Gasteiger partial charge in [0.15, 0.2) is 0 Å². The summed E-state index contributed by atoms with van der Waals surface area (Å²) in [5.74, 6) is -11.1. The number of rotatable bonds is 13. The van der Waals surface area contributed by atoms with Crippen LogP contribution >= 0.6 is 0 Å². The predicted octanol–water partition coefficient (Wildman–Crippen LogP) is 8.31. The van der Waals surface area contributed by atoms with E-state index in [1.807, 2.05) is 12.1 Å². The lowest BCUT2D eigenvalue weighted by molar-refractivity contribution is -0.371. The number of unbranched alkanes of at least 4 members (excludes halogenated alkanes) is 3. The summed E-state index contributed by atoms with van der Waals surface area (Å²) in [6.45, 7) is 6.42. The molecule has 3 aliphatic rings. The second-order valence-corrected chi connectivity index (χ2v) is 14.1. The average molecular weight is 644 g/mol. The summed E-state index contributed by atoms with van der Waals surface area (Å²) in [5, 5.41) is 9.28. The quantitative estimate of drug-likeness (QED) is 0.129. The molecule has 1 aromatic rings. The van der Waals surface area contributed by atoms with Crippen molar-refractivity contribution in [3.8, 4) is 0 Å². The van der Waals surface area contributed by atoms with Crippen LogP contribution in [0.2, 0.25) is 0 Å². The van der Waals surface area contributed by atoms with Crippen molar-refractivity contribution in [1.29, 1.82) is 0 Å². The highest BCUT2D eigenvalue weighted by molar-refractivity contribution is 7.88. The van der Waals surface area contributed by atoms with Crippen molar-refractivity contribution in [3.63, 3.8) is 0 Å².